The molecule has 1 aromatic heterocycles. The molecule has 0 aliphatic carbocycles. The van der Waals surface area contributed by atoms with Crippen molar-refractivity contribution in [1.29, 1.82) is 0 Å². The van der Waals surface area contributed by atoms with E-state index in [0.717, 1.165) is 29.7 Å². The third-order valence-corrected chi connectivity index (χ3v) is 3.31. The summed E-state index contributed by atoms with van der Waals surface area (Å²) in [5, 5.41) is 0. The second-order valence-corrected chi connectivity index (χ2v) is 4.49. The average molecular weight is 238 g/mol. The van der Waals surface area contributed by atoms with Crippen LogP contribution in [0.15, 0.2) is 48.8 Å². The SMILES string of the molecule is O=C1c2ccccc2CCN1Cc1ccncc1. The van der Waals surface area contributed by atoms with Gasteiger partial charge >= 0.3 is 0 Å². The maximum atomic E-state index is 12.3. The van der Waals surface area contributed by atoms with Gasteiger partial charge in [-0.3, -0.25) is 9.78 Å². The molecular formula is C15H14N2O. The van der Waals surface area contributed by atoms with Crippen molar-refractivity contribution in [3.63, 3.8) is 0 Å². The number of amides is 1. The van der Waals surface area contributed by atoms with Crippen molar-refractivity contribution in [1.82, 2.24) is 9.88 Å². The fourth-order valence-corrected chi connectivity index (χ4v) is 2.33. The summed E-state index contributed by atoms with van der Waals surface area (Å²) in [7, 11) is 0. The van der Waals surface area contributed by atoms with Crippen molar-refractivity contribution in [2.24, 2.45) is 0 Å². The van der Waals surface area contributed by atoms with Crippen LogP contribution in [0.25, 0.3) is 0 Å². The van der Waals surface area contributed by atoms with Gasteiger partial charge in [0.25, 0.3) is 5.91 Å². The van der Waals surface area contributed by atoms with E-state index in [2.05, 4.69) is 4.98 Å². The van der Waals surface area contributed by atoms with E-state index in [-0.39, 0.29) is 5.91 Å². The van der Waals surface area contributed by atoms with Gasteiger partial charge < -0.3 is 4.90 Å². The number of carbonyl (C=O) groups is 1. The molecule has 0 saturated heterocycles. The van der Waals surface area contributed by atoms with Crippen LogP contribution in [0.5, 0.6) is 0 Å². The van der Waals surface area contributed by atoms with Gasteiger partial charge in [-0.1, -0.05) is 18.2 Å². The predicted octanol–water partition coefficient (Wildman–Crippen LogP) is 2.28. The molecule has 1 aliphatic heterocycles. The molecule has 0 saturated carbocycles. The summed E-state index contributed by atoms with van der Waals surface area (Å²) < 4.78 is 0. The first kappa shape index (κ1) is 11.0. The maximum absolute atomic E-state index is 12.3. The molecule has 2 aromatic rings. The van der Waals surface area contributed by atoms with Crippen molar-refractivity contribution < 1.29 is 4.79 Å². The van der Waals surface area contributed by atoms with Crippen molar-refractivity contribution in [2.45, 2.75) is 13.0 Å². The topological polar surface area (TPSA) is 33.2 Å². The molecule has 3 heteroatoms. The molecule has 0 fully saturated rings. The van der Waals surface area contributed by atoms with Gasteiger partial charge in [-0.2, -0.15) is 0 Å². The van der Waals surface area contributed by atoms with Crippen LogP contribution < -0.4 is 0 Å². The average Bonchev–Trinajstić information content (AvgIpc) is 2.43. The highest BCUT2D eigenvalue weighted by atomic mass is 16.2. The molecule has 0 radical (unpaired) electrons. The van der Waals surface area contributed by atoms with Gasteiger partial charge in [-0.05, 0) is 35.7 Å². The summed E-state index contributed by atoms with van der Waals surface area (Å²) >= 11 is 0. The summed E-state index contributed by atoms with van der Waals surface area (Å²) in [6, 6.07) is 11.8. The summed E-state index contributed by atoms with van der Waals surface area (Å²) in [4.78, 5) is 18.2. The minimum atomic E-state index is 0.133. The zero-order chi connectivity index (χ0) is 12.4. The molecule has 3 rings (SSSR count). The molecule has 90 valence electrons. The second kappa shape index (κ2) is 4.61. The fourth-order valence-electron chi connectivity index (χ4n) is 2.33. The van der Waals surface area contributed by atoms with Gasteiger partial charge in [0.15, 0.2) is 0 Å². The Morgan fingerprint density at radius 2 is 1.89 bits per heavy atom. The minimum Gasteiger partial charge on any atom is -0.334 e. The number of benzene rings is 1. The van der Waals surface area contributed by atoms with Gasteiger partial charge in [-0.15, -0.1) is 0 Å². The van der Waals surface area contributed by atoms with E-state index in [4.69, 9.17) is 0 Å². The number of hydrogen-bond donors (Lipinski definition) is 0. The van der Waals surface area contributed by atoms with Crippen LogP contribution in [0.2, 0.25) is 0 Å². The third kappa shape index (κ3) is 1.99. The highest BCUT2D eigenvalue weighted by Gasteiger charge is 2.23. The van der Waals surface area contributed by atoms with E-state index in [9.17, 15) is 4.79 Å². The molecule has 2 heterocycles. The normalized spacial score (nSPS) is 14.4. The van der Waals surface area contributed by atoms with E-state index in [1.54, 1.807) is 12.4 Å². The van der Waals surface area contributed by atoms with Crippen molar-refractivity contribution >= 4 is 5.91 Å². The first-order valence-corrected chi connectivity index (χ1v) is 6.11. The van der Waals surface area contributed by atoms with Crippen LogP contribution in [-0.2, 0) is 13.0 Å². The Bertz CT molecular complexity index is 566. The van der Waals surface area contributed by atoms with Crippen LogP contribution >= 0.6 is 0 Å². The van der Waals surface area contributed by atoms with Crippen LogP contribution in [0, 0.1) is 0 Å². The third-order valence-electron chi connectivity index (χ3n) is 3.31. The van der Waals surface area contributed by atoms with Crippen molar-refractivity contribution in [2.75, 3.05) is 6.54 Å². The predicted molar refractivity (Wildman–Crippen MR) is 69.1 cm³/mol. The van der Waals surface area contributed by atoms with E-state index in [0.29, 0.717) is 6.54 Å². The monoisotopic (exact) mass is 238 g/mol. The zero-order valence-electron chi connectivity index (χ0n) is 10.0. The van der Waals surface area contributed by atoms with Crippen LogP contribution in [0.4, 0.5) is 0 Å². The number of hydrogen-bond acceptors (Lipinski definition) is 2. The number of nitrogens with zero attached hydrogens (tertiary/aromatic N) is 2. The Labute approximate surface area is 106 Å². The first-order chi connectivity index (χ1) is 8.84. The summed E-state index contributed by atoms with van der Waals surface area (Å²) in [6.07, 6.45) is 4.46. The number of aromatic nitrogens is 1. The first-order valence-electron chi connectivity index (χ1n) is 6.11. The Hall–Kier alpha value is -2.16. The van der Waals surface area contributed by atoms with Crippen molar-refractivity contribution in [3.8, 4) is 0 Å². The summed E-state index contributed by atoms with van der Waals surface area (Å²) in [6.45, 7) is 1.45. The number of rotatable bonds is 2. The zero-order valence-corrected chi connectivity index (χ0v) is 10.0. The molecule has 0 spiro atoms. The smallest absolute Gasteiger partial charge is 0.254 e. The molecule has 3 nitrogen and oxygen atoms in total. The molecule has 1 aliphatic rings. The molecule has 0 N–H and O–H groups in total. The molecular weight excluding hydrogens is 224 g/mol. The summed E-state index contributed by atoms with van der Waals surface area (Å²) in [5.74, 6) is 0.133. The summed E-state index contributed by atoms with van der Waals surface area (Å²) in [5.41, 5.74) is 3.13. The van der Waals surface area contributed by atoms with E-state index >= 15 is 0 Å². The van der Waals surface area contributed by atoms with Gasteiger partial charge in [0, 0.05) is 31.0 Å². The van der Waals surface area contributed by atoms with Gasteiger partial charge in [0.05, 0.1) is 0 Å². The molecule has 0 bridgehead atoms. The lowest BCUT2D eigenvalue weighted by Gasteiger charge is -2.28. The lowest BCUT2D eigenvalue weighted by atomic mass is 9.99. The Balaban J connectivity index is 1.83. The van der Waals surface area contributed by atoms with Gasteiger partial charge in [0.1, 0.15) is 0 Å². The number of pyridine rings is 1. The Kier molecular flexibility index (Phi) is 2.81. The van der Waals surface area contributed by atoms with E-state index in [1.807, 2.05) is 41.3 Å². The molecule has 0 atom stereocenters. The highest BCUT2D eigenvalue weighted by Crippen LogP contribution is 2.20. The maximum Gasteiger partial charge on any atom is 0.254 e. The molecule has 0 unspecified atom stereocenters. The van der Waals surface area contributed by atoms with Crippen LogP contribution in [0.1, 0.15) is 21.5 Å². The molecule has 1 aromatic carbocycles. The lowest BCUT2D eigenvalue weighted by molar-refractivity contribution is 0.0727. The minimum absolute atomic E-state index is 0.133. The van der Waals surface area contributed by atoms with Crippen LogP contribution in [0.3, 0.4) is 0 Å². The van der Waals surface area contributed by atoms with E-state index < -0.39 is 0 Å². The lowest BCUT2D eigenvalue weighted by Crippen LogP contribution is -2.36. The van der Waals surface area contributed by atoms with E-state index in [1.165, 1.54) is 0 Å². The molecule has 1 amide bonds. The second-order valence-electron chi connectivity index (χ2n) is 4.49. The fraction of sp³-hybridized carbons (Fsp3) is 0.200. The Morgan fingerprint density at radius 3 is 2.72 bits per heavy atom. The Morgan fingerprint density at radius 1 is 1.11 bits per heavy atom. The largest absolute Gasteiger partial charge is 0.334 e. The standard InChI is InChI=1S/C15H14N2O/c18-15-14-4-2-1-3-13(14)7-10-17(15)11-12-5-8-16-9-6-12/h1-6,8-9H,7,10-11H2. The number of fused-ring (bicyclic) bond motifs is 1. The highest BCUT2D eigenvalue weighted by molar-refractivity contribution is 5.96. The van der Waals surface area contributed by atoms with Gasteiger partial charge in [0.2, 0.25) is 0 Å². The van der Waals surface area contributed by atoms with Crippen LogP contribution in [-0.4, -0.2) is 22.3 Å². The molecule has 18 heavy (non-hydrogen) atoms. The quantitative estimate of drug-likeness (QED) is 0.804. The number of carbonyl (C=O) groups excluding carboxylic acids is 1. The van der Waals surface area contributed by atoms with Gasteiger partial charge in [-0.25, -0.2) is 0 Å². The van der Waals surface area contributed by atoms with Crippen molar-refractivity contribution in [3.05, 3.63) is 65.5 Å².